The summed E-state index contributed by atoms with van der Waals surface area (Å²) in [5.74, 6) is -0.149. The highest BCUT2D eigenvalue weighted by atomic mass is 35.5. The van der Waals surface area contributed by atoms with Gasteiger partial charge in [0, 0.05) is 23.2 Å². The number of amides is 1. The lowest BCUT2D eigenvalue weighted by molar-refractivity contribution is -0.123. The molecule has 2 aliphatic rings. The zero-order valence-corrected chi connectivity index (χ0v) is 13.3. The predicted octanol–water partition coefficient (Wildman–Crippen LogP) is 3.52. The number of rotatable bonds is 2. The summed E-state index contributed by atoms with van der Waals surface area (Å²) in [4.78, 5) is 14.2. The molecule has 0 bridgehead atoms. The Morgan fingerprint density at radius 1 is 1.33 bits per heavy atom. The average molecular weight is 327 g/mol. The molecule has 1 saturated heterocycles. The van der Waals surface area contributed by atoms with Crippen LogP contribution >= 0.6 is 23.4 Å². The van der Waals surface area contributed by atoms with Crippen LogP contribution in [0, 0.1) is 11.7 Å². The molecule has 1 aromatic rings. The molecule has 2 aliphatic heterocycles. The van der Waals surface area contributed by atoms with Crippen molar-refractivity contribution >= 4 is 29.3 Å². The Kier molecular flexibility index (Phi) is 3.88. The smallest absolute Gasteiger partial charge is 0.243 e. The first-order valence-electron chi connectivity index (χ1n) is 6.83. The van der Waals surface area contributed by atoms with Crippen LogP contribution in [-0.2, 0) is 4.79 Å². The zero-order valence-electron chi connectivity index (χ0n) is 11.7. The van der Waals surface area contributed by atoms with Crippen LogP contribution in [0.3, 0.4) is 0 Å². The first-order chi connectivity index (χ1) is 9.97. The van der Waals surface area contributed by atoms with Crippen molar-refractivity contribution < 1.29 is 9.18 Å². The van der Waals surface area contributed by atoms with Crippen LogP contribution < -0.4 is 5.32 Å². The van der Waals surface area contributed by atoms with Crippen LogP contribution in [0.4, 0.5) is 4.39 Å². The molecule has 1 N–H and O–H groups in total. The van der Waals surface area contributed by atoms with Gasteiger partial charge in [-0.3, -0.25) is 4.79 Å². The molecule has 3 nitrogen and oxygen atoms in total. The Bertz CT molecular complexity index is 589. The molecule has 1 amide bonds. The third-order valence-corrected chi connectivity index (χ3v) is 5.40. The number of benzene rings is 1. The SMILES string of the molecule is C[C@H]1[C@H](C)NC(=O)[C@@H]1N1C=CSC1c1cc(F)cc(Cl)c1. The molecule has 0 saturated carbocycles. The van der Waals surface area contributed by atoms with E-state index < -0.39 is 0 Å². The van der Waals surface area contributed by atoms with Gasteiger partial charge in [0.2, 0.25) is 5.91 Å². The first-order valence-corrected chi connectivity index (χ1v) is 8.15. The second-order valence-corrected chi connectivity index (χ2v) is 6.95. The quantitative estimate of drug-likeness (QED) is 0.902. The Morgan fingerprint density at radius 2 is 2.10 bits per heavy atom. The average Bonchev–Trinajstić information content (AvgIpc) is 2.94. The van der Waals surface area contributed by atoms with E-state index in [4.69, 9.17) is 11.6 Å². The molecular formula is C15H16ClFN2OS. The molecule has 6 heteroatoms. The number of hydrogen-bond acceptors (Lipinski definition) is 3. The number of nitrogens with zero attached hydrogens (tertiary/aromatic N) is 1. The summed E-state index contributed by atoms with van der Waals surface area (Å²) in [5.41, 5.74) is 0.773. The fraction of sp³-hybridized carbons (Fsp3) is 0.400. The van der Waals surface area contributed by atoms with Crippen molar-refractivity contribution in [2.45, 2.75) is 31.3 Å². The van der Waals surface area contributed by atoms with Gasteiger partial charge in [0.05, 0.1) is 0 Å². The van der Waals surface area contributed by atoms with Gasteiger partial charge >= 0.3 is 0 Å². The number of hydrogen-bond donors (Lipinski definition) is 1. The largest absolute Gasteiger partial charge is 0.351 e. The van der Waals surface area contributed by atoms with Gasteiger partial charge in [0.1, 0.15) is 17.2 Å². The molecule has 0 aliphatic carbocycles. The van der Waals surface area contributed by atoms with Gasteiger partial charge in [-0.15, -0.1) is 11.8 Å². The lowest BCUT2D eigenvalue weighted by Gasteiger charge is -2.32. The van der Waals surface area contributed by atoms with Gasteiger partial charge < -0.3 is 10.2 Å². The molecule has 2 heterocycles. The Hall–Kier alpha value is -1.20. The molecule has 0 spiro atoms. The van der Waals surface area contributed by atoms with Crippen molar-refractivity contribution in [1.29, 1.82) is 0 Å². The minimum Gasteiger partial charge on any atom is -0.351 e. The summed E-state index contributed by atoms with van der Waals surface area (Å²) in [6.45, 7) is 4.06. The van der Waals surface area contributed by atoms with E-state index in [1.165, 1.54) is 12.1 Å². The molecule has 1 unspecified atom stereocenters. The third kappa shape index (κ3) is 2.64. The standard InChI is InChI=1S/C15H16ClFN2OS/c1-8-9(2)18-14(20)13(8)19-3-4-21-15(19)10-5-11(16)7-12(17)6-10/h3-9,13,15H,1-2H3,(H,18,20)/t8-,9-,13+,15?/m0/s1. The first kappa shape index (κ1) is 14.7. The van der Waals surface area contributed by atoms with E-state index in [2.05, 4.69) is 12.2 Å². The second-order valence-electron chi connectivity index (χ2n) is 5.52. The van der Waals surface area contributed by atoms with E-state index in [9.17, 15) is 9.18 Å². The number of thioether (sulfide) groups is 1. The van der Waals surface area contributed by atoms with Crippen molar-refractivity contribution in [2.24, 2.45) is 5.92 Å². The maximum absolute atomic E-state index is 13.6. The third-order valence-electron chi connectivity index (χ3n) is 4.13. The van der Waals surface area contributed by atoms with E-state index in [1.54, 1.807) is 17.8 Å². The summed E-state index contributed by atoms with van der Waals surface area (Å²) in [6, 6.07) is 4.42. The minimum absolute atomic E-state index is 0.0228. The van der Waals surface area contributed by atoms with E-state index in [1.807, 2.05) is 23.4 Å². The van der Waals surface area contributed by atoms with E-state index >= 15 is 0 Å². The Balaban J connectivity index is 1.92. The van der Waals surface area contributed by atoms with Crippen LogP contribution in [0.15, 0.2) is 29.8 Å². The van der Waals surface area contributed by atoms with Crippen LogP contribution in [0.2, 0.25) is 5.02 Å². The maximum atomic E-state index is 13.6. The van der Waals surface area contributed by atoms with Gasteiger partial charge in [0.15, 0.2) is 0 Å². The zero-order chi connectivity index (χ0) is 15.1. The van der Waals surface area contributed by atoms with Gasteiger partial charge in [0.25, 0.3) is 0 Å². The molecular weight excluding hydrogens is 311 g/mol. The summed E-state index contributed by atoms with van der Waals surface area (Å²) in [6.07, 6.45) is 1.91. The summed E-state index contributed by atoms with van der Waals surface area (Å²) in [7, 11) is 0. The van der Waals surface area contributed by atoms with Crippen molar-refractivity contribution in [3.8, 4) is 0 Å². The van der Waals surface area contributed by atoms with Gasteiger partial charge in [-0.2, -0.15) is 0 Å². The van der Waals surface area contributed by atoms with E-state index in [0.29, 0.717) is 5.02 Å². The molecule has 1 aromatic carbocycles. The molecule has 1 fully saturated rings. The lowest BCUT2D eigenvalue weighted by Crippen LogP contribution is -2.40. The Morgan fingerprint density at radius 3 is 2.71 bits per heavy atom. The minimum atomic E-state index is -0.359. The highest BCUT2D eigenvalue weighted by molar-refractivity contribution is 8.02. The van der Waals surface area contributed by atoms with Crippen molar-refractivity contribution in [1.82, 2.24) is 10.2 Å². The monoisotopic (exact) mass is 326 g/mol. The van der Waals surface area contributed by atoms with Crippen LogP contribution in [0.1, 0.15) is 24.8 Å². The fourth-order valence-electron chi connectivity index (χ4n) is 2.90. The van der Waals surface area contributed by atoms with Crippen molar-refractivity contribution in [3.05, 3.63) is 46.2 Å². The molecule has 0 radical (unpaired) electrons. The summed E-state index contributed by atoms with van der Waals surface area (Å²) >= 11 is 7.50. The normalized spacial score (nSPS) is 31.8. The fourth-order valence-corrected chi connectivity index (χ4v) is 4.12. The number of nitrogens with one attached hydrogen (secondary N) is 1. The second kappa shape index (κ2) is 5.54. The lowest BCUT2D eigenvalue weighted by atomic mass is 9.98. The van der Waals surface area contributed by atoms with Crippen LogP contribution in [0.5, 0.6) is 0 Å². The number of carbonyl (C=O) groups excluding carboxylic acids is 1. The van der Waals surface area contributed by atoms with Crippen LogP contribution in [0.25, 0.3) is 0 Å². The Labute approximate surface area is 132 Å². The van der Waals surface area contributed by atoms with E-state index in [0.717, 1.165) is 5.56 Å². The highest BCUT2D eigenvalue weighted by Gasteiger charge is 2.43. The van der Waals surface area contributed by atoms with Crippen molar-refractivity contribution in [3.63, 3.8) is 0 Å². The van der Waals surface area contributed by atoms with E-state index in [-0.39, 0.29) is 35.1 Å². The van der Waals surface area contributed by atoms with Gasteiger partial charge in [-0.1, -0.05) is 18.5 Å². The highest BCUT2D eigenvalue weighted by Crippen LogP contribution is 2.43. The number of halogens is 2. The molecule has 21 heavy (non-hydrogen) atoms. The number of carbonyl (C=O) groups is 1. The molecule has 4 atom stereocenters. The van der Waals surface area contributed by atoms with Crippen LogP contribution in [-0.4, -0.2) is 22.9 Å². The molecule has 0 aromatic heterocycles. The predicted molar refractivity (Wildman–Crippen MR) is 83.3 cm³/mol. The van der Waals surface area contributed by atoms with Crippen molar-refractivity contribution in [2.75, 3.05) is 0 Å². The molecule has 112 valence electrons. The van der Waals surface area contributed by atoms with Gasteiger partial charge in [-0.05, 0) is 36.1 Å². The summed E-state index contributed by atoms with van der Waals surface area (Å²) in [5, 5.41) is 5.15. The topological polar surface area (TPSA) is 32.3 Å². The molecule has 3 rings (SSSR count). The summed E-state index contributed by atoms with van der Waals surface area (Å²) < 4.78 is 13.6. The van der Waals surface area contributed by atoms with Gasteiger partial charge in [-0.25, -0.2) is 4.39 Å². The maximum Gasteiger partial charge on any atom is 0.243 e.